The van der Waals surface area contributed by atoms with Gasteiger partial charge in [0.2, 0.25) is 0 Å². The molecule has 0 spiro atoms. The summed E-state index contributed by atoms with van der Waals surface area (Å²) in [5.41, 5.74) is 1.29. The zero-order valence-corrected chi connectivity index (χ0v) is 15.5. The smallest absolute Gasteiger partial charge is 0.172 e. The third-order valence-corrected chi connectivity index (χ3v) is 2.05. The molecule has 0 unspecified atom stereocenters. The Balaban J connectivity index is 0.000000331. The molecule has 2 rings (SSSR count). The van der Waals surface area contributed by atoms with Crippen molar-refractivity contribution in [1.82, 2.24) is 4.90 Å². The molecule has 0 fully saturated rings. The van der Waals surface area contributed by atoms with E-state index in [0.29, 0.717) is 0 Å². The van der Waals surface area contributed by atoms with Crippen molar-refractivity contribution in [3.05, 3.63) is 72.6 Å². The van der Waals surface area contributed by atoms with Crippen molar-refractivity contribution < 1.29 is 14.7 Å². The molecule has 0 saturated carbocycles. The van der Waals surface area contributed by atoms with E-state index < -0.39 is 14.7 Å². The maximum Gasteiger partial charge on any atom is -0.172 e. The number of likely N-dealkylation sites (N-methyl/N-ethyl adjacent to an activating group) is 1. The van der Waals surface area contributed by atoms with Gasteiger partial charge in [0.25, 0.3) is 0 Å². The molecule has 0 aliphatic rings. The van der Waals surface area contributed by atoms with Gasteiger partial charge in [-0.05, 0) is 20.6 Å². The molecule has 111 valence electrons. The zero-order valence-electron chi connectivity index (χ0n) is 11.6. The molecule has 0 aliphatic heterocycles. The van der Waals surface area contributed by atoms with E-state index >= 15 is 0 Å². The van der Waals surface area contributed by atoms with E-state index in [-0.39, 0.29) is 0 Å². The summed E-state index contributed by atoms with van der Waals surface area (Å²) in [6, 6.07) is 20.4. The number of nitrogens with zero attached hydrogens (tertiary/aromatic N) is 1. The van der Waals surface area contributed by atoms with Crippen molar-refractivity contribution in [3.8, 4) is 0 Å². The summed E-state index contributed by atoms with van der Waals surface area (Å²) in [6.45, 7) is 1.00. The fourth-order valence-corrected chi connectivity index (χ4v) is 1.20. The van der Waals surface area contributed by atoms with Crippen LogP contribution in [0.25, 0.3) is 0 Å². The van der Waals surface area contributed by atoms with Gasteiger partial charge in [0.05, 0.1) is 0 Å². The topological polar surface area (TPSA) is 3.24 Å². The SMILES string of the molecule is CN(C)C[CH-]c1ccccc1.[Cl][Ti]([Cl])[Cl].c1cc[cH-]c1. The molecule has 1 nitrogen and oxygen atoms in total. The van der Waals surface area contributed by atoms with Crippen molar-refractivity contribution in [1.29, 1.82) is 0 Å². The van der Waals surface area contributed by atoms with Crippen LogP contribution in [0.15, 0.2) is 60.7 Å². The van der Waals surface area contributed by atoms with Gasteiger partial charge in [-0.1, -0.05) is 6.07 Å². The van der Waals surface area contributed by atoms with E-state index in [1.54, 1.807) is 0 Å². The largest absolute Gasteiger partial charge is 0.214 e. The van der Waals surface area contributed by atoms with Gasteiger partial charge in [-0.25, -0.2) is 12.1 Å². The fraction of sp³-hybridized carbons (Fsp3) is 0.200. The Hall–Kier alpha value is -0.0157. The summed E-state index contributed by atoms with van der Waals surface area (Å²) in [5.74, 6) is 0. The van der Waals surface area contributed by atoms with Crippen molar-refractivity contribution in [2.45, 2.75) is 0 Å². The van der Waals surface area contributed by atoms with Crippen molar-refractivity contribution in [2.75, 3.05) is 20.6 Å². The fourth-order valence-electron chi connectivity index (χ4n) is 1.20. The predicted molar refractivity (Wildman–Crippen MR) is 88.0 cm³/mol. The van der Waals surface area contributed by atoms with Crippen LogP contribution in [0.2, 0.25) is 0 Å². The summed E-state index contributed by atoms with van der Waals surface area (Å²) in [7, 11) is 19.1. The van der Waals surface area contributed by atoms with Crippen LogP contribution in [-0.4, -0.2) is 25.5 Å². The third-order valence-electron chi connectivity index (χ3n) is 2.05. The van der Waals surface area contributed by atoms with Crippen molar-refractivity contribution in [3.63, 3.8) is 0 Å². The van der Waals surface area contributed by atoms with Gasteiger partial charge in [0, 0.05) is 0 Å². The van der Waals surface area contributed by atoms with E-state index in [2.05, 4.69) is 49.7 Å². The summed E-state index contributed by atoms with van der Waals surface area (Å²) >= 11 is -1.92. The maximum absolute atomic E-state index is 4.97. The first-order valence-corrected chi connectivity index (χ1v) is 12.5. The van der Waals surface area contributed by atoms with Crippen LogP contribution in [0, 0.1) is 6.42 Å². The maximum atomic E-state index is 4.97. The minimum atomic E-state index is -1.92. The molecule has 0 bridgehead atoms. The normalized spacial score (nSPS) is 8.90. The van der Waals surface area contributed by atoms with E-state index in [4.69, 9.17) is 27.9 Å². The van der Waals surface area contributed by atoms with Crippen molar-refractivity contribution in [2.24, 2.45) is 0 Å². The van der Waals surface area contributed by atoms with Crippen LogP contribution in [0.5, 0.6) is 0 Å². The van der Waals surface area contributed by atoms with Crippen LogP contribution in [0.4, 0.5) is 0 Å². The molecule has 0 radical (unpaired) electrons. The van der Waals surface area contributed by atoms with E-state index in [0.717, 1.165) is 6.54 Å². The van der Waals surface area contributed by atoms with Crippen LogP contribution in [0.1, 0.15) is 5.56 Å². The van der Waals surface area contributed by atoms with Gasteiger partial charge in [-0.3, -0.25) is 0 Å². The molecule has 0 atom stereocenters. The Morgan fingerprint density at radius 1 is 1.00 bits per heavy atom. The van der Waals surface area contributed by atoms with Crippen LogP contribution < -0.4 is 0 Å². The number of rotatable bonds is 3. The summed E-state index contributed by atoms with van der Waals surface area (Å²) in [5, 5.41) is 0. The van der Waals surface area contributed by atoms with E-state index in [9.17, 15) is 0 Å². The summed E-state index contributed by atoms with van der Waals surface area (Å²) in [4.78, 5) is 2.15. The number of hydrogen-bond acceptors (Lipinski definition) is 1. The van der Waals surface area contributed by atoms with Crippen LogP contribution in [0.3, 0.4) is 0 Å². The van der Waals surface area contributed by atoms with Gasteiger partial charge in [-0.2, -0.15) is 42.3 Å². The Kier molecular flexibility index (Phi) is 13.9. The van der Waals surface area contributed by atoms with Crippen LogP contribution in [-0.2, 0) is 14.7 Å². The molecule has 0 heterocycles. The average molecular weight is 368 g/mol. The first-order valence-electron chi connectivity index (χ1n) is 6.05. The van der Waals surface area contributed by atoms with Gasteiger partial charge < -0.3 is 4.90 Å². The second kappa shape index (κ2) is 13.9. The number of halogens is 3. The van der Waals surface area contributed by atoms with Crippen molar-refractivity contribution >= 4 is 27.9 Å². The number of benzene rings is 1. The monoisotopic (exact) mass is 366 g/mol. The quantitative estimate of drug-likeness (QED) is 0.527. The molecule has 0 aromatic heterocycles. The van der Waals surface area contributed by atoms with Gasteiger partial charge in [0.1, 0.15) is 0 Å². The molecule has 0 amide bonds. The summed E-state index contributed by atoms with van der Waals surface area (Å²) < 4.78 is 0. The molecular weight excluding hydrogens is 348 g/mol. The second-order valence-corrected chi connectivity index (χ2v) is 11.8. The third kappa shape index (κ3) is 16.0. The molecule has 5 heteroatoms. The molecule has 2 aromatic rings. The minimum Gasteiger partial charge on any atom is -0.214 e. The Labute approximate surface area is 140 Å². The average Bonchev–Trinajstić information content (AvgIpc) is 2.96. The number of hydrogen-bond donors (Lipinski definition) is 0. The molecule has 20 heavy (non-hydrogen) atoms. The Bertz CT molecular complexity index is 371. The molecule has 0 saturated heterocycles. The first-order chi connectivity index (χ1) is 9.52. The van der Waals surface area contributed by atoms with Crippen LogP contribution >= 0.6 is 27.9 Å². The second-order valence-electron chi connectivity index (χ2n) is 4.05. The Morgan fingerprint density at radius 2 is 1.50 bits per heavy atom. The zero-order chi connectivity index (χ0) is 15.2. The van der Waals surface area contributed by atoms with E-state index in [1.165, 1.54) is 5.56 Å². The molecule has 2 aromatic carbocycles. The van der Waals surface area contributed by atoms with E-state index in [1.807, 2.05) is 36.4 Å². The standard InChI is InChI=1S/C10H14N.C5H5.3ClH.Ti/c1-11(2)9-8-10-6-4-3-5-7-10;1-2-4-5-3-1;;;;/h3-8H,9H2,1-2H3;1-5H;3*1H;/q2*-1;;;;+3/p-3. The Morgan fingerprint density at radius 3 is 1.85 bits per heavy atom. The minimum absolute atomic E-state index is 1.00. The molecular formula is C15H19Cl3NTi-2. The first kappa shape index (κ1) is 20.0. The predicted octanol–water partition coefficient (Wildman–Crippen LogP) is 5.27. The molecule has 0 N–H and O–H groups in total. The molecule has 0 aliphatic carbocycles. The summed E-state index contributed by atoms with van der Waals surface area (Å²) in [6.07, 6.45) is 2.21. The van der Waals surface area contributed by atoms with Gasteiger partial charge >= 0.3 is 42.6 Å². The van der Waals surface area contributed by atoms with Gasteiger partial charge in [0.15, 0.2) is 0 Å². The van der Waals surface area contributed by atoms with Gasteiger partial charge in [-0.15, -0.1) is 12.1 Å².